The zero-order valence-corrected chi connectivity index (χ0v) is 19.5. The fraction of sp³-hybridized carbons (Fsp3) is 0.320. The van der Waals surface area contributed by atoms with Crippen LogP contribution in [0.4, 0.5) is 5.95 Å². The minimum absolute atomic E-state index is 0.290. The van der Waals surface area contributed by atoms with Crippen molar-refractivity contribution < 1.29 is 19.0 Å². The van der Waals surface area contributed by atoms with Gasteiger partial charge in [0.15, 0.2) is 17.3 Å². The summed E-state index contributed by atoms with van der Waals surface area (Å²) in [5, 5.41) is 8.01. The summed E-state index contributed by atoms with van der Waals surface area (Å²) < 4.78 is 17.9. The van der Waals surface area contributed by atoms with E-state index in [9.17, 15) is 4.79 Å². The summed E-state index contributed by atoms with van der Waals surface area (Å²) in [6.07, 6.45) is 0.935. The van der Waals surface area contributed by atoms with E-state index < -0.39 is 6.04 Å². The lowest BCUT2D eigenvalue weighted by Gasteiger charge is -2.28. The zero-order valence-electron chi connectivity index (χ0n) is 19.5. The van der Waals surface area contributed by atoms with Gasteiger partial charge >= 0.3 is 5.97 Å². The van der Waals surface area contributed by atoms with Gasteiger partial charge in [-0.3, -0.25) is 0 Å². The number of carbonyl (C=O) groups excluding carboxylic acids is 1. The molecule has 33 heavy (non-hydrogen) atoms. The summed E-state index contributed by atoms with van der Waals surface area (Å²) in [6.45, 7) is 6.05. The molecule has 1 atom stereocenters. The van der Waals surface area contributed by atoms with Gasteiger partial charge < -0.3 is 19.5 Å². The minimum Gasteiger partial charge on any atom is -0.493 e. The smallest absolute Gasteiger partial charge is 0.338 e. The summed E-state index contributed by atoms with van der Waals surface area (Å²) in [4.78, 5) is 17.7. The van der Waals surface area contributed by atoms with Crippen molar-refractivity contribution in [3.63, 3.8) is 0 Å². The van der Waals surface area contributed by atoms with E-state index in [1.807, 2.05) is 37.3 Å². The molecule has 1 unspecified atom stereocenters. The van der Waals surface area contributed by atoms with Crippen molar-refractivity contribution in [1.29, 1.82) is 0 Å². The number of benzene rings is 2. The largest absolute Gasteiger partial charge is 0.493 e. The highest BCUT2D eigenvalue weighted by Crippen LogP contribution is 2.38. The maximum Gasteiger partial charge on any atom is 0.338 e. The second-order valence-electron chi connectivity index (χ2n) is 7.66. The molecule has 172 valence electrons. The van der Waals surface area contributed by atoms with Crippen molar-refractivity contribution in [2.75, 3.05) is 26.1 Å². The average Bonchev–Trinajstić information content (AvgIpc) is 3.26. The number of nitrogens with one attached hydrogen (secondary N) is 1. The molecule has 8 nitrogen and oxygen atoms in total. The first-order valence-electron chi connectivity index (χ1n) is 10.9. The number of hydrogen-bond donors (Lipinski definition) is 1. The second-order valence-corrected chi connectivity index (χ2v) is 7.66. The van der Waals surface area contributed by atoms with Crippen molar-refractivity contribution in [3.8, 4) is 22.9 Å². The van der Waals surface area contributed by atoms with Crippen LogP contribution in [0.25, 0.3) is 11.4 Å². The Labute approximate surface area is 193 Å². The molecule has 8 heteroatoms. The number of rotatable bonds is 7. The molecular weight excluding hydrogens is 420 g/mol. The average molecular weight is 449 g/mol. The minimum atomic E-state index is -0.465. The van der Waals surface area contributed by atoms with Gasteiger partial charge in [0.1, 0.15) is 6.04 Å². The van der Waals surface area contributed by atoms with Gasteiger partial charge in [0.2, 0.25) is 5.95 Å². The molecule has 0 spiro atoms. The number of carbonyl (C=O) groups is 1. The van der Waals surface area contributed by atoms with E-state index in [4.69, 9.17) is 24.3 Å². The van der Waals surface area contributed by atoms with Gasteiger partial charge in [0.05, 0.1) is 26.4 Å². The Bertz CT molecular complexity index is 1200. The molecule has 2 heterocycles. The predicted octanol–water partition coefficient (Wildman–Crippen LogP) is 4.38. The zero-order chi connectivity index (χ0) is 23.5. The maximum atomic E-state index is 12.9. The van der Waals surface area contributed by atoms with Crippen LogP contribution in [-0.4, -0.2) is 41.6 Å². The van der Waals surface area contributed by atoms with E-state index in [1.54, 1.807) is 25.8 Å². The molecule has 0 amide bonds. The number of methoxy groups -OCH3 is 2. The monoisotopic (exact) mass is 448 g/mol. The summed E-state index contributed by atoms with van der Waals surface area (Å²) in [5.74, 6) is 1.89. The second kappa shape index (κ2) is 9.36. The van der Waals surface area contributed by atoms with Gasteiger partial charge in [0.25, 0.3) is 0 Å². The van der Waals surface area contributed by atoms with E-state index in [0.717, 1.165) is 17.5 Å². The number of anilines is 1. The number of nitrogens with zero attached hydrogens (tertiary/aromatic N) is 3. The lowest BCUT2D eigenvalue weighted by atomic mass is 9.95. The first-order valence-corrected chi connectivity index (χ1v) is 10.9. The van der Waals surface area contributed by atoms with Crippen molar-refractivity contribution in [3.05, 3.63) is 64.9 Å². The van der Waals surface area contributed by atoms with Crippen molar-refractivity contribution >= 4 is 11.9 Å². The number of esters is 1. The van der Waals surface area contributed by atoms with E-state index in [1.165, 1.54) is 5.56 Å². The highest BCUT2D eigenvalue weighted by Gasteiger charge is 2.35. The van der Waals surface area contributed by atoms with E-state index in [-0.39, 0.29) is 12.6 Å². The Morgan fingerprint density at radius 2 is 1.79 bits per heavy atom. The molecule has 1 N–H and O–H groups in total. The highest BCUT2D eigenvalue weighted by molar-refractivity contribution is 5.92. The molecule has 0 saturated carbocycles. The van der Waals surface area contributed by atoms with Crippen LogP contribution < -0.4 is 14.8 Å². The summed E-state index contributed by atoms with van der Waals surface area (Å²) in [7, 11) is 3.18. The summed E-state index contributed by atoms with van der Waals surface area (Å²) in [6, 6.07) is 13.3. The van der Waals surface area contributed by atoms with Crippen LogP contribution in [0.15, 0.2) is 53.7 Å². The van der Waals surface area contributed by atoms with Gasteiger partial charge in [-0.25, -0.2) is 9.48 Å². The van der Waals surface area contributed by atoms with Crippen LogP contribution in [0.1, 0.15) is 37.9 Å². The highest BCUT2D eigenvalue weighted by atomic mass is 16.5. The Hall–Kier alpha value is -3.81. The van der Waals surface area contributed by atoms with Crippen molar-refractivity contribution in [1.82, 2.24) is 14.8 Å². The Balaban J connectivity index is 1.83. The van der Waals surface area contributed by atoms with Crippen LogP contribution in [-0.2, 0) is 16.0 Å². The van der Waals surface area contributed by atoms with Gasteiger partial charge in [-0.05, 0) is 49.6 Å². The molecule has 0 bridgehead atoms. The fourth-order valence-corrected chi connectivity index (χ4v) is 3.97. The number of fused-ring (bicyclic) bond motifs is 1. The molecule has 0 aliphatic carbocycles. The molecule has 1 aromatic heterocycles. The van der Waals surface area contributed by atoms with Gasteiger partial charge in [0, 0.05) is 11.3 Å². The van der Waals surface area contributed by atoms with Crippen LogP contribution in [0.5, 0.6) is 11.5 Å². The maximum absolute atomic E-state index is 12.9. The number of aromatic nitrogens is 3. The SMILES string of the molecule is CCOC(=O)C1=C(C)Nc2nc(-c3ccc(OC)c(OC)c3)nn2C1c1ccc(CC)cc1. The van der Waals surface area contributed by atoms with Crippen LogP contribution in [0, 0.1) is 0 Å². The molecule has 0 saturated heterocycles. The quantitative estimate of drug-likeness (QED) is 0.537. The van der Waals surface area contributed by atoms with Gasteiger partial charge in [-0.2, -0.15) is 4.98 Å². The molecular formula is C25H28N4O4. The predicted molar refractivity (Wildman–Crippen MR) is 125 cm³/mol. The van der Waals surface area contributed by atoms with Crippen LogP contribution in [0.3, 0.4) is 0 Å². The number of hydrogen-bond acceptors (Lipinski definition) is 7. The normalized spacial score (nSPS) is 15.0. The van der Waals surface area contributed by atoms with E-state index in [2.05, 4.69) is 24.4 Å². The molecule has 1 aliphatic heterocycles. The standard InChI is InChI=1S/C25H28N4O4/c1-6-16-8-10-17(11-9-16)22-21(24(30)33-7-2)15(3)26-25-27-23(28-29(22)25)18-12-13-19(31-4)20(14-18)32-5/h8-14,22H,6-7H2,1-5H3,(H,26,27,28). The number of ether oxygens (including phenoxy) is 3. The molecule has 0 fully saturated rings. The van der Waals surface area contributed by atoms with Crippen molar-refractivity contribution in [2.24, 2.45) is 0 Å². The topological polar surface area (TPSA) is 87.5 Å². The molecule has 4 rings (SSSR count). The number of aryl methyl sites for hydroxylation is 1. The van der Waals surface area contributed by atoms with Crippen molar-refractivity contribution in [2.45, 2.75) is 33.2 Å². The van der Waals surface area contributed by atoms with Gasteiger partial charge in [-0.15, -0.1) is 5.10 Å². The molecule has 0 radical (unpaired) electrons. The third-order valence-corrected chi connectivity index (χ3v) is 5.69. The third-order valence-electron chi connectivity index (χ3n) is 5.69. The molecule has 2 aromatic carbocycles. The Morgan fingerprint density at radius 1 is 1.06 bits per heavy atom. The lowest BCUT2D eigenvalue weighted by Crippen LogP contribution is -2.29. The lowest BCUT2D eigenvalue weighted by molar-refractivity contribution is -0.139. The first kappa shape index (κ1) is 22.4. The molecule has 3 aromatic rings. The van der Waals surface area contributed by atoms with Gasteiger partial charge in [-0.1, -0.05) is 31.2 Å². The Morgan fingerprint density at radius 3 is 2.42 bits per heavy atom. The summed E-state index contributed by atoms with van der Waals surface area (Å²) in [5.41, 5.74) is 4.12. The summed E-state index contributed by atoms with van der Waals surface area (Å²) >= 11 is 0. The van der Waals surface area contributed by atoms with E-state index >= 15 is 0 Å². The number of allylic oxidation sites excluding steroid dienone is 1. The third kappa shape index (κ3) is 4.16. The fourth-order valence-electron chi connectivity index (χ4n) is 3.97. The van der Waals surface area contributed by atoms with E-state index in [0.29, 0.717) is 34.5 Å². The van der Waals surface area contributed by atoms with Crippen LogP contribution >= 0.6 is 0 Å². The Kier molecular flexibility index (Phi) is 6.35. The molecule has 1 aliphatic rings. The first-order chi connectivity index (χ1) is 16.0. The van der Waals surface area contributed by atoms with Crippen LogP contribution in [0.2, 0.25) is 0 Å².